The van der Waals surface area contributed by atoms with E-state index in [1.807, 2.05) is 0 Å². The molecule has 0 aliphatic carbocycles. The number of rotatable bonds is 6. The zero-order valence-electron chi connectivity index (χ0n) is 32.9. The van der Waals surface area contributed by atoms with Crippen LogP contribution in [-0.2, 0) is 5.41 Å². The highest BCUT2D eigenvalue weighted by Gasteiger charge is 2.20. The predicted octanol–water partition coefficient (Wildman–Crippen LogP) is 15.5. The van der Waals surface area contributed by atoms with Gasteiger partial charge in [0, 0.05) is 33.5 Å². The number of hydrogen-bond donors (Lipinski definition) is 0. The van der Waals surface area contributed by atoms with Crippen LogP contribution >= 0.6 is 0 Å². The molecule has 0 aliphatic rings. The zero-order valence-corrected chi connectivity index (χ0v) is 32.9. The van der Waals surface area contributed by atoms with Crippen molar-refractivity contribution in [2.45, 2.75) is 33.1 Å². The van der Waals surface area contributed by atoms with Crippen LogP contribution in [0.2, 0.25) is 0 Å². The molecule has 0 fully saturated rings. The van der Waals surface area contributed by atoms with E-state index >= 15 is 0 Å². The van der Waals surface area contributed by atoms with Gasteiger partial charge in [0.05, 0.1) is 11.0 Å². The minimum absolute atomic E-state index is 0.103. The Kier molecular flexibility index (Phi) is 8.30. The van der Waals surface area contributed by atoms with Crippen molar-refractivity contribution in [3.63, 3.8) is 0 Å². The summed E-state index contributed by atoms with van der Waals surface area (Å²) in [7, 11) is 0. The Morgan fingerprint density at radius 2 is 0.877 bits per heavy atom. The molecule has 0 N–H and O–H groups in total. The van der Waals surface area contributed by atoms with E-state index in [2.05, 4.69) is 231 Å². The first kappa shape index (κ1) is 34.6. The summed E-state index contributed by atoms with van der Waals surface area (Å²) in [5.41, 5.74) is 14.6. The van der Waals surface area contributed by atoms with Gasteiger partial charge >= 0.3 is 0 Å². The Morgan fingerprint density at radius 1 is 0.386 bits per heavy atom. The number of aryl methyl sites for hydroxylation is 1. The fourth-order valence-electron chi connectivity index (χ4n) is 8.83. The van der Waals surface area contributed by atoms with Crippen LogP contribution in [0, 0.1) is 6.92 Å². The van der Waals surface area contributed by atoms with Crippen LogP contribution in [0.3, 0.4) is 0 Å². The molecule has 0 amide bonds. The monoisotopic (exact) mass is 732 g/mol. The second kappa shape index (κ2) is 13.7. The van der Waals surface area contributed by atoms with Crippen LogP contribution in [0.1, 0.15) is 31.9 Å². The predicted molar refractivity (Wildman–Crippen MR) is 245 cm³/mol. The number of nitrogens with zero attached hydrogens (tertiary/aromatic N) is 2. The third kappa shape index (κ3) is 5.97. The first-order chi connectivity index (χ1) is 27.8. The Hall–Kier alpha value is -6.90. The summed E-state index contributed by atoms with van der Waals surface area (Å²) in [6.07, 6.45) is 0. The molecule has 2 heteroatoms. The first-order valence-electron chi connectivity index (χ1n) is 19.9. The molecule has 10 rings (SSSR count). The molecule has 1 heterocycles. The van der Waals surface area contributed by atoms with E-state index in [1.54, 1.807) is 0 Å². The van der Waals surface area contributed by atoms with Crippen molar-refractivity contribution in [3.05, 3.63) is 205 Å². The average Bonchev–Trinajstić information content (AvgIpc) is 3.57. The second-order valence-electron chi connectivity index (χ2n) is 16.3. The molecule has 57 heavy (non-hydrogen) atoms. The zero-order chi connectivity index (χ0) is 38.7. The van der Waals surface area contributed by atoms with Gasteiger partial charge in [-0.15, -0.1) is 0 Å². The van der Waals surface area contributed by atoms with Crippen LogP contribution < -0.4 is 4.90 Å². The maximum absolute atomic E-state index is 2.41. The van der Waals surface area contributed by atoms with Gasteiger partial charge in [-0.05, 0) is 128 Å². The number of para-hydroxylation sites is 2. The van der Waals surface area contributed by atoms with E-state index in [-0.39, 0.29) is 5.41 Å². The fourth-order valence-corrected chi connectivity index (χ4v) is 8.83. The number of aromatic nitrogens is 1. The van der Waals surface area contributed by atoms with Crippen molar-refractivity contribution in [3.8, 4) is 27.9 Å². The molecule has 0 aliphatic heterocycles. The molecule has 10 aromatic rings. The minimum Gasteiger partial charge on any atom is -0.310 e. The maximum Gasteiger partial charge on any atom is 0.0542 e. The van der Waals surface area contributed by atoms with Crippen LogP contribution in [0.5, 0.6) is 0 Å². The van der Waals surface area contributed by atoms with Gasteiger partial charge in [-0.3, -0.25) is 0 Å². The molecular formula is C55H44N2. The van der Waals surface area contributed by atoms with E-state index in [9.17, 15) is 0 Å². The molecule has 0 radical (unpaired) electrons. The lowest BCUT2D eigenvalue weighted by Crippen LogP contribution is -2.10. The van der Waals surface area contributed by atoms with E-state index in [4.69, 9.17) is 0 Å². The largest absolute Gasteiger partial charge is 0.310 e. The van der Waals surface area contributed by atoms with Gasteiger partial charge in [0.2, 0.25) is 0 Å². The van der Waals surface area contributed by atoms with Gasteiger partial charge in [-0.1, -0.05) is 154 Å². The number of fused-ring (bicyclic) bond motifs is 5. The molecule has 0 unspecified atom stereocenters. The van der Waals surface area contributed by atoms with Gasteiger partial charge in [-0.25, -0.2) is 0 Å². The lowest BCUT2D eigenvalue weighted by atomic mass is 9.83. The van der Waals surface area contributed by atoms with Crippen molar-refractivity contribution < 1.29 is 0 Å². The number of hydrogen-bond acceptors (Lipinski definition) is 1. The molecule has 0 saturated heterocycles. The molecule has 2 nitrogen and oxygen atoms in total. The minimum atomic E-state index is 0.103. The van der Waals surface area contributed by atoms with Gasteiger partial charge in [-0.2, -0.15) is 0 Å². The lowest BCUT2D eigenvalue weighted by Gasteiger charge is -2.26. The van der Waals surface area contributed by atoms with Crippen molar-refractivity contribution in [2.75, 3.05) is 4.90 Å². The normalized spacial score (nSPS) is 11.9. The Labute approximate surface area is 334 Å². The van der Waals surface area contributed by atoms with Crippen molar-refractivity contribution in [2.24, 2.45) is 0 Å². The summed E-state index contributed by atoms with van der Waals surface area (Å²) in [6, 6.07) is 71.4. The Balaban J connectivity index is 1.11. The molecular weight excluding hydrogens is 689 g/mol. The third-order valence-corrected chi connectivity index (χ3v) is 11.6. The van der Waals surface area contributed by atoms with Crippen molar-refractivity contribution in [1.82, 2.24) is 4.57 Å². The average molecular weight is 733 g/mol. The van der Waals surface area contributed by atoms with E-state index < -0.39 is 0 Å². The summed E-state index contributed by atoms with van der Waals surface area (Å²) >= 11 is 0. The van der Waals surface area contributed by atoms with Gasteiger partial charge in [0.15, 0.2) is 0 Å². The molecule has 1 aromatic heterocycles. The summed E-state index contributed by atoms with van der Waals surface area (Å²) < 4.78 is 2.41. The highest BCUT2D eigenvalue weighted by molar-refractivity contribution is 6.21. The van der Waals surface area contributed by atoms with Crippen LogP contribution in [0.4, 0.5) is 17.1 Å². The molecule has 0 bridgehead atoms. The highest BCUT2D eigenvalue weighted by atomic mass is 15.1. The first-order valence-corrected chi connectivity index (χ1v) is 19.9. The lowest BCUT2D eigenvalue weighted by molar-refractivity contribution is 0.590. The van der Waals surface area contributed by atoms with Crippen molar-refractivity contribution in [1.29, 1.82) is 0 Å². The summed E-state index contributed by atoms with van der Waals surface area (Å²) in [4.78, 5) is 2.36. The molecule has 9 aromatic carbocycles. The van der Waals surface area contributed by atoms with E-state index in [1.165, 1.54) is 76.7 Å². The summed E-state index contributed by atoms with van der Waals surface area (Å²) in [5, 5.41) is 7.53. The highest BCUT2D eigenvalue weighted by Crippen LogP contribution is 2.45. The van der Waals surface area contributed by atoms with Gasteiger partial charge in [0.25, 0.3) is 0 Å². The van der Waals surface area contributed by atoms with Gasteiger partial charge in [0.1, 0.15) is 0 Å². The van der Waals surface area contributed by atoms with E-state index in [0.29, 0.717) is 0 Å². The Bertz CT molecular complexity index is 3030. The quantitative estimate of drug-likeness (QED) is 0.155. The molecule has 0 atom stereocenters. The summed E-state index contributed by atoms with van der Waals surface area (Å²) in [6.45, 7) is 8.98. The maximum atomic E-state index is 2.41. The summed E-state index contributed by atoms with van der Waals surface area (Å²) in [5.74, 6) is 0. The standard InChI is InChI=1S/C55H44N2/c1-37-15-14-18-43(35-37)56(41-16-6-5-7-17-41)44-33-34-52-50(36-44)45-19-12-13-24-51(45)57(52)42-31-27-39(28-32-42)54-48-22-10-8-20-46(48)53(47-21-9-11-23-49(47)54)38-25-29-40(30-26-38)55(2,3)4/h5-36H,1-4H3. The number of benzene rings is 9. The SMILES string of the molecule is Cc1cccc(N(c2ccccc2)c2ccc3c(c2)c2ccccc2n3-c2ccc(-c3c4ccccc4c(-c4ccc(C(C)(C)C)cc4)c4ccccc34)cc2)c1. The fraction of sp³-hybridized carbons (Fsp3) is 0.0909. The third-order valence-electron chi connectivity index (χ3n) is 11.6. The second-order valence-corrected chi connectivity index (χ2v) is 16.3. The molecule has 0 spiro atoms. The van der Waals surface area contributed by atoms with Crippen molar-refractivity contribution >= 4 is 60.4 Å². The smallest absolute Gasteiger partial charge is 0.0542 e. The number of anilines is 3. The molecule has 0 saturated carbocycles. The van der Waals surface area contributed by atoms with Crippen LogP contribution in [0.15, 0.2) is 194 Å². The Morgan fingerprint density at radius 3 is 1.46 bits per heavy atom. The van der Waals surface area contributed by atoms with E-state index in [0.717, 1.165) is 22.7 Å². The van der Waals surface area contributed by atoms with Crippen LogP contribution in [-0.4, -0.2) is 4.57 Å². The topological polar surface area (TPSA) is 8.17 Å². The van der Waals surface area contributed by atoms with Gasteiger partial charge < -0.3 is 9.47 Å². The molecule has 274 valence electrons. The van der Waals surface area contributed by atoms with Crippen LogP contribution in [0.25, 0.3) is 71.3 Å².